The molecule has 0 atom stereocenters. The number of nitrogens with one attached hydrogen (secondary N) is 1. The number of hydrogen-bond acceptors (Lipinski definition) is 5. The van der Waals surface area contributed by atoms with E-state index in [0.29, 0.717) is 40.1 Å². The van der Waals surface area contributed by atoms with E-state index >= 15 is 0 Å². The third kappa shape index (κ3) is 3.77. The van der Waals surface area contributed by atoms with E-state index in [1.807, 2.05) is 12.1 Å². The first-order chi connectivity index (χ1) is 13.6. The van der Waals surface area contributed by atoms with Crippen LogP contribution in [0.5, 0.6) is 5.75 Å². The Morgan fingerprint density at radius 2 is 2.04 bits per heavy atom. The number of halogens is 1. The van der Waals surface area contributed by atoms with Gasteiger partial charge in [-0.25, -0.2) is 4.79 Å². The number of carbonyl (C=O) groups is 2. The lowest BCUT2D eigenvalue weighted by Gasteiger charge is -2.17. The van der Waals surface area contributed by atoms with Crippen molar-refractivity contribution in [2.75, 3.05) is 18.5 Å². The molecule has 1 amide bonds. The summed E-state index contributed by atoms with van der Waals surface area (Å²) in [5.41, 5.74) is 2.83. The second kappa shape index (κ2) is 7.86. The highest BCUT2D eigenvalue weighted by Gasteiger charge is 2.16. The quantitative estimate of drug-likeness (QED) is 0.520. The number of aryl methyl sites for hydroxylation is 1. The van der Waals surface area contributed by atoms with E-state index in [2.05, 4.69) is 10.3 Å². The number of rotatable bonds is 5. The molecule has 2 heterocycles. The summed E-state index contributed by atoms with van der Waals surface area (Å²) in [7, 11) is 0. The molecule has 4 rings (SSSR count). The number of nitrogens with zero attached hydrogens (tertiary/aromatic N) is 1. The van der Waals surface area contributed by atoms with Crippen molar-refractivity contribution < 1.29 is 19.1 Å². The van der Waals surface area contributed by atoms with E-state index in [0.717, 1.165) is 11.3 Å². The zero-order valence-electron chi connectivity index (χ0n) is 14.9. The molecule has 0 bridgehead atoms. The van der Waals surface area contributed by atoms with Gasteiger partial charge in [-0.3, -0.25) is 9.78 Å². The van der Waals surface area contributed by atoms with Crippen LogP contribution in [0.25, 0.3) is 10.9 Å². The molecule has 6 nitrogen and oxygen atoms in total. The van der Waals surface area contributed by atoms with E-state index in [4.69, 9.17) is 21.1 Å². The van der Waals surface area contributed by atoms with Crippen LogP contribution in [0.4, 0.5) is 5.69 Å². The Morgan fingerprint density at radius 1 is 1.14 bits per heavy atom. The molecular formula is C21H17ClN2O4. The van der Waals surface area contributed by atoms with Gasteiger partial charge in [-0.1, -0.05) is 17.7 Å². The number of aromatic nitrogens is 1. The Hall–Kier alpha value is -3.12. The predicted molar refractivity (Wildman–Crippen MR) is 106 cm³/mol. The lowest BCUT2D eigenvalue weighted by atomic mass is 10.0. The normalized spacial score (nSPS) is 13.0. The number of pyridine rings is 1. The lowest BCUT2D eigenvalue weighted by molar-refractivity contribution is -0.116. The van der Waals surface area contributed by atoms with Gasteiger partial charge in [-0.05, 0) is 48.4 Å². The maximum Gasteiger partial charge on any atom is 0.338 e. The van der Waals surface area contributed by atoms with Gasteiger partial charge in [0.2, 0.25) is 5.91 Å². The second-order valence-corrected chi connectivity index (χ2v) is 6.75. The van der Waals surface area contributed by atoms with Gasteiger partial charge < -0.3 is 14.8 Å². The summed E-state index contributed by atoms with van der Waals surface area (Å²) in [5.74, 6) is 0.247. The zero-order chi connectivity index (χ0) is 19.5. The number of amides is 1. The Kier molecular flexibility index (Phi) is 5.12. The smallest absolute Gasteiger partial charge is 0.338 e. The van der Waals surface area contributed by atoms with Gasteiger partial charge in [-0.15, -0.1) is 0 Å². The van der Waals surface area contributed by atoms with Crippen LogP contribution < -0.4 is 10.1 Å². The summed E-state index contributed by atoms with van der Waals surface area (Å²) in [4.78, 5) is 28.0. The molecule has 0 unspecified atom stereocenters. The minimum atomic E-state index is -0.452. The fourth-order valence-corrected chi connectivity index (χ4v) is 3.35. The molecule has 7 heteroatoms. The van der Waals surface area contributed by atoms with E-state index < -0.39 is 5.97 Å². The van der Waals surface area contributed by atoms with Crippen molar-refractivity contribution in [2.24, 2.45) is 0 Å². The van der Waals surface area contributed by atoms with Crippen molar-refractivity contribution in [3.63, 3.8) is 0 Å². The van der Waals surface area contributed by atoms with Crippen molar-refractivity contribution in [3.8, 4) is 5.75 Å². The van der Waals surface area contributed by atoms with Crippen molar-refractivity contribution >= 4 is 40.1 Å². The summed E-state index contributed by atoms with van der Waals surface area (Å²) in [6, 6.07) is 12.3. The summed E-state index contributed by atoms with van der Waals surface area (Å²) in [6.45, 7) is 0.331. The topological polar surface area (TPSA) is 77.5 Å². The van der Waals surface area contributed by atoms with Gasteiger partial charge in [-0.2, -0.15) is 0 Å². The summed E-state index contributed by atoms with van der Waals surface area (Å²) >= 11 is 6.13. The molecule has 1 aliphatic heterocycles. The Morgan fingerprint density at radius 3 is 2.93 bits per heavy atom. The molecule has 0 aliphatic carbocycles. The fraction of sp³-hybridized carbons (Fsp3) is 0.190. The summed E-state index contributed by atoms with van der Waals surface area (Å²) in [6.07, 6.45) is 2.78. The average molecular weight is 397 g/mol. The van der Waals surface area contributed by atoms with E-state index in [1.54, 1.807) is 36.5 Å². The Labute approximate surface area is 166 Å². The first-order valence-corrected chi connectivity index (χ1v) is 9.25. The number of carbonyl (C=O) groups excluding carboxylic acids is 2. The highest BCUT2D eigenvalue weighted by Crippen LogP contribution is 2.27. The van der Waals surface area contributed by atoms with Crippen LogP contribution in [0.3, 0.4) is 0 Å². The highest BCUT2D eigenvalue weighted by molar-refractivity contribution is 6.35. The molecule has 1 N–H and O–H groups in total. The number of fused-ring (bicyclic) bond motifs is 2. The van der Waals surface area contributed by atoms with Crippen LogP contribution in [0.15, 0.2) is 48.7 Å². The van der Waals surface area contributed by atoms with Crippen molar-refractivity contribution in [2.45, 2.75) is 12.8 Å². The van der Waals surface area contributed by atoms with Gasteiger partial charge in [0.1, 0.15) is 19.0 Å². The molecular weight excluding hydrogens is 380 g/mol. The summed E-state index contributed by atoms with van der Waals surface area (Å²) in [5, 5.41) is 3.96. The molecule has 0 saturated carbocycles. The monoisotopic (exact) mass is 396 g/mol. The molecule has 0 spiro atoms. The van der Waals surface area contributed by atoms with Crippen LogP contribution in [-0.4, -0.2) is 30.1 Å². The first-order valence-electron chi connectivity index (χ1n) is 8.88. The van der Waals surface area contributed by atoms with E-state index in [9.17, 15) is 9.59 Å². The maximum absolute atomic E-state index is 12.4. The highest BCUT2D eigenvalue weighted by atomic mass is 35.5. The second-order valence-electron chi connectivity index (χ2n) is 6.35. The van der Waals surface area contributed by atoms with Crippen molar-refractivity contribution in [3.05, 3.63) is 64.8 Å². The maximum atomic E-state index is 12.4. The molecule has 0 saturated heterocycles. The SMILES string of the molecule is O=C1CCc2cc(OCCOC(=O)c3ccc(Cl)c4ncccc34)ccc2N1. The van der Waals surface area contributed by atoms with Crippen LogP contribution in [-0.2, 0) is 16.0 Å². The van der Waals surface area contributed by atoms with E-state index in [-0.39, 0.29) is 19.1 Å². The standard InChI is InChI=1S/C21H17ClN2O4/c22-17-6-5-16(15-2-1-9-23-20(15)17)21(26)28-11-10-27-14-4-7-18-13(12-14)3-8-19(25)24-18/h1-2,4-7,9,12H,3,8,10-11H2,(H,24,25). The fourth-order valence-electron chi connectivity index (χ4n) is 3.14. The van der Waals surface area contributed by atoms with Gasteiger partial charge in [0.15, 0.2) is 0 Å². The van der Waals surface area contributed by atoms with Crippen molar-refractivity contribution in [1.29, 1.82) is 0 Å². The van der Waals surface area contributed by atoms with Gasteiger partial charge in [0, 0.05) is 23.7 Å². The molecule has 0 fully saturated rings. The number of esters is 1. The minimum Gasteiger partial charge on any atom is -0.490 e. The number of anilines is 1. The molecule has 3 aromatic rings. The third-order valence-electron chi connectivity index (χ3n) is 4.50. The molecule has 142 valence electrons. The number of ether oxygens (including phenoxy) is 2. The molecule has 28 heavy (non-hydrogen) atoms. The summed E-state index contributed by atoms with van der Waals surface area (Å²) < 4.78 is 11.0. The van der Waals surface area contributed by atoms with Crippen LogP contribution in [0.1, 0.15) is 22.3 Å². The molecule has 1 aliphatic rings. The van der Waals surface area contributed by atoms with Gasteiger partial charge in [0.25, 0.3) is 0 Å². The van der Waals surface area contributed by atoms with E-state index in [1.165, 1.54) is 0 Å². The Balaban J connectivity index is 1.35. The molecule has 1 aromatic heterocycles. The predicted octanol–water partition coefficient (Wildman–Crippen LogP) is 4.01. The van der Waals surface area contributed by atoms with Crippen molar-refractivity contribution in [1.82, 2.24) is 4.98 Å². The third-order valence-corrected chi connectivity index (χ3v) is 4.80. The van der Waals surface area contributed by atoms with Crippen LogP contribution in [0.2, 0.25) is 5.02 Å². The number of hydrogen-bond donors (Lipinski definition) is 1. The van der Waals surface area contributed by atoms with Crippen LogP contribution >= 0.6 is 11.6 Å². The first kappa shape index (κ1) is 18.3. The minimum absolute atomic E-state index is 0.0259. The molecule has 0 radical (unpaired) electrons. The van der Waals surface area contributed by atoms with Gasteiger partial charge in [0.05, 0.1) is 16.1 Å². The lowest BCUT2D eigenvalue weighted by Crippen LogP contribution is -2.19. The zero-order valence-corrected chi connectivity index (χ0v) is 15.7. The largest absolute Gasteiger partial charge is 0.490 e. The molecule has 2 aromatic carbocycles. The average Bonchev–Trinajstić information content (AvgIpc) is 2.71. The van der Waals surface area contributed by atoms with Crippen LogP contribution in [0, 0.1) is 0 Å². The van der Waals surface area contributed by atoms with Gasteiger partial charge >= 0.3 is 5.97 Å². The Bertz CT molecular complexity index is 1070. The number of benzene rings is 2.